The second kappa shape index (κ2) is 7.81. The Morgan fingerprint density at radius 3 is 2.32 bits per heavy atom. The molecule has 5 rings (SSSR count). The molecule has 1 amide bonds. The van der Waals surface area contributed by atoms with Gasteiger partial charge in [-0.2, -0.15) is 4.31 Å². The van der Waals surface area contributed by atoms with Gasteiger partial charge in [0.15, 0.2) is 11.5 Å². The first-order chi connectivity index (χ1) is 15.0. The molecule has 1 aliphatic carbocycles. The smallest absolute Gasteiger partial charge is 0.255 e. The van der Waals surface area contributed by atoms with Crippen LogP contribution in [0.4, 0.5) is 5.69 Å². The minimum Gasteiger partial charge on any atom is -0.448 e. The van der Waals surface area contributed by atoms with Crippen molar-refractivity contribution in [2.75, 3.05) is 31.6 Å². The Kier molecular flexibility index (Phi) is 5.11. The molecule has 1 saturated carbocycles. The quantitative estimate of drug-likeness (QED) is 0.779. The van der Waals surface area contributed by atoms with Gasteiger partial charge in [0.1, 0.15) is 0 Å². The fraction of sp³-hybridized carbons (Fsp3) is 0.409. The molecule has 2 aromatic carbocycles. The number of hydrogen-bond donors (Lipinski definition) is 1. The molecule has 8 nitrogen and oxygen atoms in total. The number of anilines is 1. The predicted molar refractivity (Wildman–Crippen MR) is 113 cm³/mol. The molecule has 164 valence electrons. The summed E-state index contributed by atoms with van der Waals surface area (Å²) in [6, 6.07) is 11.3. The minimum absolute atomic E-state index is 0.163. The van der Waals surface area contributed by atoms with Gasteiger partial charge in [-0.25, -0.2) is 8.42 Å². The van der Waals surface area contributed by atoms with Gasteiger partial charge >= 0.3 is 0 Å². The van der Waals surface area contributed by atoms with E-state index in [1.165, 1.54) is 28.6 Å². The lowest BCUT2D eigenvalue weighted by Gasteiger charge is -2.26. The number of benzene rings is 2. The molecule has 0 atom stereocenters. The average molecular weight is 445 g/mol. The van der Waals surface area contributed by atoms with Crippen LogP contribution >= 0.6 is 0 Å². The average Bonchev–Trinajstić information content (AvgIpc) is 3.39. The minimum atomic E-state index is -3.59. The van der Waals surface area contributed by atoms with E-state index in [0.29, 0.717) is 49.1 Å². The second-order valence-corrected chi connectivity index (χ2v) is 9.92. The Hall–Kier alpha value is -2.62. The lowest BCUT2D eigenvalue weighted by atomic mass is 10.2. The third kappa shape index (κ3) is 3.88. The van der Waals surface area contributed by atoms with E-state index in [-0.39, 0.29) is 10.8 Å². The van der Waals surface area contributed by atoms with Gasteiger partial charge in [-0.15, -0.1) is 0 Å². The van der Waals surface area contributed by atoms with E-state index in [1.807, 2.05) is 0 Å². The van der Waals surface area contributed by atoms with E-state index in [2.05, 4.69) is 5.32 Å². The van der Waals surface area contributed by atoms with Crippen LogP contribution in [0.15, 0.2) is 47.4 Å². The molecule has 9 heteroatoms. The van der Waals surface area contributed by atoms with Gasteiger partial charge in [0.05, 0.1) is 18.1 Å². The number of ether oxygens (including phenoxy) is 3. The van der Waals surface area contributed by atoms with E-state index in [0.717, 1.165) is 25.7 Å². The zero-order valence-electron chi connectivity index (χ0n) is 17.0. The molecule has 0 bridgehead atoms. The SMILES string of the molecule is O=C(Nc1ccc2c(c1)OC1(CCCC1)O2)c1ccc(S(=O)(=O)N2CCOCC2)cc1. The Morgan fingerprint density at radius 1 is 0.935 bits per heavy atom. The number of fused-ring (bicyclic) bond motifs is 1. The number of carbonyl (C=O) groups excluding carboxylic acids is 1. The molecule has 2 aliphatic heterocycles. The highest BCUT2D eigenvalue weighted by Crippen LogP contribution is 2.47. The molecule has 0 radical (unpaired) electrons. The van der Waals surface area contributed by atoms with Crippen LogP contribution in [0, 0.1) is 0 Å². The van der Waals surface area contributed by atoms with Crippen molar-refractivity contribution >= 4 is 21.6 Å². The highest BCUT2D eigenvalue weighted by atomic mass is 32.2. The standard InChI is InChI=1S/C22H24N2O6S/c25-21(16-3-6-18(7-4-16)31(26,27)24-11-13-28-14-12-24)23-17-5-8-19-20(15-17)30-22(29-19)9-1-2-10-22/h3-8,15H,1-2,9-14H2,(H,23,25). The summed E-state index contributed by atoms with van der Waals surface area (Å²) in [5.74, 6) is 0.446. The summed E-state index contributed by atoms with van der Waals surface area (Å²) < 4.78 is 44.1. The summed E-state index contributed by atoms with van der Waals surface area (Å²) in [7, 11) is -3.59. The van der Waals surface area contributed by atoms with Crippen molar-refractivity contribution in [3.63, 3.8) is 0 Å². The van der Waals surface area contributed by atoms with E-state index >= 15 is 0 Å². The summed E-state index contributed by atoms with van der Waals surface area (Å²) in [6.45, 7) is 1.43. The number of carbonyl (C=O) groups is 1. The third-order valence-electron chi connectivity index (χ3n) is 5.88. The van der Waals surface area contributed by atoms with Gasteiger partial charge in [0.25, 0.3) is 11.7 Å². The summed E-state index contributed by atoms with van der Waals surface area (Å²) >= 11 is 0. The predicted octanol–water partition coefficient (Wildman–Crippen LogP) is 3.00. The van der Waals surface area contributed by atoms with Crippen LogP contribution in [0.5, 0.6) is 11.5 Å². The number of nitrogens with one attached hydrogen (secondary N) is 1. The number of sulfonamides is 1. The van der Waals surface area contributed by atoms with E-state index in [1.54, 1.807) is 18.2 Å². The van der Waals surface area contributed by atoms with Crippen LogP contribution in [-0.4, -0.2) is 50.7 Å². The van der Waals surface area contributed by atoms with Crippen molar-refractivity contribution in [1.82, 2.24) is 4.31 Å². The Morgan fingerprint density at radius 2 is 1.61 bits per heavy atom. The molecule has 31 heavy (non-hydrogen) atoms. The first-order valence-electron chi connectivity index (χ1n) is 10.5. The van der Waals surface area contributed by atoms with Crippen molar-refractivity contribution in [3.05, 3.63) is 48.0 Å². The van der Waals surface area contributed by atoms with E-state index < -0.39 is 15.8 Å². The van der Waals surface area contributed by atoms with E-state index in [4.69, 9.17) is 14.2 Å². The molecule has 2 aromatic rings. The lowest BCUT2D eigenvalue weighted by molar-refractivity contribution is -0.0716. The second-order valence-electron chi connectivity index (χ2n) is 7.98. The largest absolute Gasteiger partial charge is 0.448 e. The maximum atomic E-state index is 12.7. The number of nitrogens with zero attached hydrogens (tertiary/aromatic N) is 1. The number of rotatable bonds is 4. The summed E-state index contributed by atoms with van der Waals surface area (Å²) in [6.07, 6.45) is 3.88. The van der Waals surface area contributed by atoms with Gasteiger partial charge in [0.2, 0.25) is 10.0 Å². The number of hydrogen-bond acceptors (Lipinski definition) is 6. The molecule has 0 aromatic heterocycles. The highest BCUT2D eigenvalue weighted by molar-refractivity contribution is 7.89. The maximum Gasteiger partial charge on any atom is 0.255 e. The molecule has 2 fully saturated rings. The number of morpholine rings is 1. The van der Waals surface area contributed by atoms with Crippen LogP contribution in [0.3, 0.4) is 0 Å². The Labute approximate surface area is 181 Å². The van der Waals surface area contributed by atoms with Gasteiger partial charge in [-0.05, 0) is 49.2 Å². The van der Waals surface area contributed by atoms with Crippen molar-refractivity contribution in [2.45, 2.75) is 36.4 Å². The molecule has 1 N–H and O–H groups in total. The summed E-state index contributed by atoms with van der Waals surface area (Å²) in [5.41, 5.74) is 0.957. The normalized spacial score (nSPS) is 20.1. The van der Waals surface area contributed by atoms with Gasteiger partial charge in [0, 0.05) is 43.2 Å². The molecule has 1 spiro atoms. The molecular formula is C22H24N2O6S. The molecule has 2 heterocycles. The first-order valence-corrected chi connectivity index (χ1v) is 11.9. The van der Waals surface area contributed by atoms with Gasteiger partial charge in [-0.3, -0.25) is 4.79 Å². The van der Waals surface area contributed by atoms with Crippen molar-refractivity contribution in [3.8, 4) is 11.5 Å². The van der Waals surface area contributed by atoms with Gasteiger partial charge in [-0.1, -0.05) is 0 Å². The van der Waals surface area contributed by atoms with Crippen LogP contribution < -0.4 is 14.8 Å². The van der Waals surface area contributed by atoms with Crippen LogP contribution in [0.2, 0.25) is 0 Å². The maximum absolute atomic E-state index is 12.7. The Bertz CT molecular complexity index is 1090. The van der Waals surface area contributed by atoms with Crippen LogP contribution in [0.25, 0.3) is 0 Å². The van der Waals surface area contributed by atoms with Gasteiger partial charge < -0.3 is 19.5 Å². The third-order valence-corrected chi connectivity index (χ3v) is 7.80. The van der Waals surface area contributed by atoms with Crippen LogP contribution in [0.1, 0.15) is 36.0 Å². The lowest BCUT2D eigenvalue weighted by Crippen LogP contribution is -2.40. The summed E-state index contributed by atoms with van der Waals surface area (Å²) in [4.78, 5) is 12.8. The van der Waals surface area contributed by atoms with Crippen LogP contribution in [-0.2, 0) is 14.8 Å². The topological polar surface area (TPSA) is 94.2 Å². The molecule has 0 unspecified atom stereocenters. The monoisotopic (exact) mass is 444 g/mol. The highest BCUT2D eigenvalue weighted by Gasteiger charge is 2.44. The Balaban J connectivity index is 1.27. The van der Waals surface area contributed by atoms with E-state index in [9.17, 15) is 13.2 Å². The van der Waals surface area contributed by atoms with Crippen molar-refractivity contribution in [1.29, 1.82) is 0 Å². The fourth-order valence-corrected chi connectivity index (χ4v) is 5.61. The zero-order valence-corrected chi connectivity index (χ0v) is 17.8. The molecular weight excluding hydrogens is 420 g/mol. The molecule has 3 aliphatic rings. The first kappa shape index (κ1) is 20.3. The van der Waals surface area contributed by atoms with Crippen molar-refractivity contribution in [2.24, 2.45) is 0 Å². The molecule has 1 saturated heterocycles. The summed E-state index contributed by atoms with van der Waals surface area (Å²) in [5, 5.41) is 2.84. The fourth-order valence-electron chi connectivity index (χ4n) is 4.21. The zero-order chi connectivity index (χ0) is 21.5. The number of amides is 1. The van der Waals surface area contributed by atoms with Crippen molar-refractivity contribution < 1.29 is 27.4 Å².